The molecule has 4 aromatic heterocycles. The molecule has 0 amide bonds. The fourth-order valence-corrected chi connectivity index (χ4v) is 5.79. The molecule has 0 bridgehead atoms. The Balaban J connectivity index is 1.18. The predicted molar refractivity (Wildman–Crippen MR) is 167 cm³/mol. The first-order valence-electron chi connectivity index (χ1n) is 14.4. The number of nitrogens with zero attached hydrogens (tertiary/aromatic N) is 6. The summed E-state index contributed by atoms with van der Waals surface area (Å²) >= 11 is 0. The van der Waals surface area contributed by atoms with Crippen LogP contribution in [0.4, 0.5) is 23.5 Å². The van der Waals surface area contributed by atoms with Gasteiger partial charge >= 0.3 is 0 Å². The van der Waals surface area contributed by atoms with Crippen LogP contribution in [0.5, 0.6) is 5.75 Å². The van der Waals surface area contributed by atoms with Crippen LogP contribution >= 0.6 is 0 Å². The number of aryl methyl sites for hydroxylation is 1. The number of rotatable bonds is 8. The number of aromatic nitrogens is 4. The third-order valence-corrected chi connectivity index (χ3v) is 8.42. The Morgan fingerprint density at radius 3 is 1.74 bits per heavy atom. The average molecular weight is 581 g/mol. The number of fused-ring (bicyclic) bond motifs is 6. The van der Waals surface area contributed by atoms with E-state index in [1.165, 1.54) is 0 Å². The minimum absolute atomic E-state index is 0.381. The molecule has 13 nitrogen and oxygen atoms in total. The van der Waals surface area contributed by atoms with Gasteiger partial charge < -0.3 is 34.0 Å². The summed E-state index contributed by atoms with van der Waals surface area (Å²) in [6.45, 7) is 5.34. The fourth-order valence-electron chi connectivity index (χ4n) is 5.79. The second-order valence-electron chi connectivity index (χ2n) is 11.2. The van der Waals surface area contributed by atoms with Crippen molar-refractivity contribution in [1.82, 2.24) is 30.6 Å². The molecule has 0 saturated carbocycles. The number of ether oxygens (including phenoxy) is 1. The molecule has 8 rings (SSSR count). The molecular weight excluding hydrogens is 548 g/mol. The van der Waals surface area contributed by atoms with Gasteiger partial charge in [-0.05, 0) is 50.8 Å². The molecule has 6 aromatic rings. The van der Waals surface area contributed by atoms with Gasteiger partial charge in [-0.15, -0.1) is 0 Å². The third-order valence-electron chi connectivity index (χ3n) is 8.42. The summed E-state index contributed by atoms with van der Waals surface area (Å²) in [7, 11) is 5.58. The van der Waals surface area contributed by atoms with E-state index in [4.69, 9.17) is 33.5 Å². The Hall–Kier alpha value is -4.88. The van der Waals surface area contributed by atoms with E-state index in [-0.39, 0.29) is 0 Å². The maximum atomic E-state index is 6.29. The Kier molecular flexibility index (Phi) is 5.91. The van der Waals surface area contributed by atoms with Gasteiger partial charge in [0, 0.05) is 55.1 Å². The Bertz CT molecular complexity index is 2010. The molecule has 2 fully saturated rings. The van der Waals surface area contributed by atoms with Crippen LogP contribution in [0.15, 0.2) is 45.2 Å². The van der Waals surface area contributed by atoms with Gasteiger partial charge in [0.2, 0.25) is 11.9 Å². The smallest absolute Gasteiger partial charge is 0.244 e. The molecule has 0 aliphatic carbocycles. The molecule has 2 saturated heterocycles. The van der Waals surface area contributed by atoms with Gasteiger partial charge in [0.05, 0.1) is 7.11 Å². The van der Waals surface area contributed by atoms with Crippen LogP contribution in [0.1, 0.15) is 5.56 Å². The molecule has 2 aliphatic heterocycles. The highest BCUT2D eigenvalue weighted by Crippen LogP contribution is 2.38. The van der Waals surface area contributed by atoms with Crippen molar-refractivity contribution < 1.29 is 13.6 Å². The Morgan fingerprint density at radius 2 is 1.23 bits per heavy atom. The van der Waals surface area contributed by atoms with E-state index < -0.39 is 0 Å². The SMILES string of the molecule is CNC1CN(c2nc(NNc3nc(N4CC(NC)C4)c4oc5cc(OC)ccc5c4n3)nc3c2oc2cc(C)ccc23)C1. The maximum absolute atomic E-state index is 6.29. The molecule has 0 atom stereocenters. The van der Waals surface area contributed by atoms with Crippen molar-refractivity contribution in [3.8, 4) is 5.75 Å². The van der Waals surface area contributed by atoms with Gasteiger partial charge in [-0.3, -0.25) is 10.9 Å². The van der Waals surface area contributed by atoms with Crippen molar-refractivity contribution in [3.63, 3.8) is 0 Å². The summed E-state index contributed by atoms with van der Waals surface area (Å²) in [5.74, 6) is 2.97. The maximum Gasteiger partial charge on any atom is 0.244 e. The minimum atomic E-state index is 0.381. The van der Waals surface area contributed by atoms with E-state index in [0.717, 1.165) is 65.3 Å². The van der Waals surface area contributed by atoms with E-state index in [1.54, 1.807) is 7.11 Å². The molecule has 4 N–H and O–H groups in total. The summed E-state index contributed by atoms with van der Waals surface area (Å²) < 4.78 is 18.0. The summed E-state index contributed by atoms with van der Waals surface area (Å²) in [6.07, 6.45) is 0. The van der Waals surface area contributed by atoms with Gasteiger partial charge in [-0.25, -0.2) is 9.97 Å². The first kappa shape index (κ1) is 25.8. The van der Waals surface area contributed by atoms with Gasteiger partial charge in [0.25, 0.3) is 0 Å². The minimum Gasteiger partial charge on any atom is -0.497 e. The number of nitrogens with one attached hydrogen (secondary N) is 4. The van der Waals surface area contributed by atoms with Crippen molar-refractivity contribution in [2.24, 2.45) is 0 Å². The molecule has 43 heavy (non-hydrogen) atoms. The lowest BCUT2D eigenvalue weighted by Gasteiger charge is -2.39. The van der Waals surface area contributed by atoms with Crippen LogP contribution in [0, 0.1) is 6.92 Å². The topological polar surface area (TPSA) is 142 Å². The number of benzene rings is 2. The van der Waals surface area contributed by atoms with Gasteiger partial charge in [-0.2, -0.15) is 9.97 Å². The number of hydrogen-bond donors (Lipinski definition) is 4. The summed E-state index contributed by atoms with van der Waals surface area (Å²) in [4.78, 5) is 23.8. The van der Waals surface area contributed by atoms with Crippen LogP contribution in [0.3, 0.4) is 0 Å². The predicted octanol–water partition coefficient (Wildman–Crippen LogP) is 3.64. The molecular formula is C30H32N10O3. The highest BCUT2D eigenvalue weighted by Gasteiger charge is 2.32. The first-order chi connectivity index (χ1) is 21.0. The molecule has 220 valence electrons. The fraction of sp³-hybridized carbons (Fsp3) is 0.333. The zero-order valence-corrected chi connectivity index (χ0v) is 24.4. The molecule has 2 aromatic carbocycles. The second kappa shape index (κ2) is 9.85. The lowest BCUT2D eigenvalue weighted by molar-refractivity contribution is 0.414. The zero-order valence-electron chi connectivity index (χ0n) is 24.4. The summed E-state index contributed by atoms with van der Waals surface area (Å²) in [6, 6.07) is 12.7. The van der Waals surface area contributed by atoms with Crippen molar-refractivity contribution >= 4 is 67.7 Å². The highest BCUT2D eigenvalue weighted by atomic mass is 16.5. The highest BCUT2D eigenvalue weighted by molar-refractivity contribution is 6.07. The molecule has 0 radical (unpaired) electrons. The lowest BCUT2D eigenvalue weighted by Crippen LogP contribution is -2.57. The van der Waals surface area contributed by atoms with Crippen LogP contribution in [-0.4, -0.2) is 79.4 Å². The van der Waals surface area contributed by atoms with Crippen LogP contribution in [-0.2, 0) is 0 Å². The quantitative estimate of drug-likeness (QED) is 0.195. The van der Waals surface area contributed by atoms with Crippen molar-refractivity contribution in [3.05, 3.63) is 42.0 Å². The summed E-state index contributed by atoms with van der Waals surface area (Å²) in [5, 5.41) is 8.46. The van der Waals surface area contributed by atoms with E-state index >= 15 is 0 Å². The van der Waals surface area contributed by atoms with Crippen LogP contribution in [0.2, 0.25) is 0 Å². The molecule has 2 aliphatic rings. The van der Waals surface area contributed by atoms with Crippen LogP contribution in [0.25, 0.3) is 44.1 Å². The van der Waals surface area contributed by atoms with E-state index in [2.05, 4.69) is 37.4 Å². The lowest BCUT2D eigenvalue weighted by atomic mass is 10.1. The largest absolute Gasteiger partial charge is 0.497 e. The van der Waals surface area contributed by atoms with Gasteiger partial charge in [-0.1, -0.05) is 6.07 Å². The third kappa shape index (κ3) is 4.22. The van der Waals surface area contributed by atoms with E-state index in [9.17, 15) is 0 Å². The Morgan fingerprint density at radius 1 is 0.721 bits per heavy atom. The zero-order chi connectivity index (χ0) is 29.2. The van der Waals surface area contributed by atoms with Gasteiger partial charge in [0.1, 0.15) is 27.9 Å². The summed E-state index contributed by atoms with van der Waals surface area (Å²) in [5.41, 5.74) is 11.7. The first-order valence-corrected chi connectivity index (χ1v) is 14.4. The van der Waals surface area contributed by atoms with Crippen LogP contribution < -0.4 is 36.0 Å². The number of hydrogen-bond acceptors (Lipinski definition) is 13. The number of anilines is 4. The second-order valence-corrected chi connectivity index (χ2v) is 11.2. The monoisotopic (exact) mass is 580 g/mol. The van der Waals surface area contributed by atoms with Crippen molar-refractivity contribution in [1.29, 1.82) is 0 Å². The number of likely N-dealkylation sites (N-methyl/N-ethyl adjacent to an activating group) is 2. The molecule has 6 heterocycles. The molecule has 0 spiro atoms. The standard InChI is InChI=1S/C30H32N10O3/c1-15-5-7-19-21(9-15)42-25-23(19)33-29(35-27(25)39-11-16(12-39)31-2)37-38-30-34-24-20-8-6-18(41-4)10-22(20)43-26(24)28(36-30)40-13-17(14-40)32-3/h5-10,16-17,31-32H,11-14H2,1-4H3,(H,33,35,37)(H,34,36,38). The van der Waals surface area contributed by atoms with Crippen molar-refractivity contribution in [2.45, 2.75) is 19.0 Å². The van der Waals surface area contributed by atoms with Crippen molar-refractivity contribution in [2.75, 3.05) is 68.0 Å². The number of hydrazine groups is 1. The molecule has 13 heteroatoms. The normalized spacial score (nSPS) is 15.9. The van der Waals surface area contributed by atoms with E-state index in [0.29, 0.717) is 52.0 Å². The number of furan rings is 2. The van der Waals surface area contributed by atoms with Gasteiger partial charge in [0.15, 0.2) is 22.8 Å². The Labute approximate surface area is 246 Å². The number of methoxy groups -OCH3 is 1. The van der Waals surface area contributed by atoms with E-state index in [1.807, 2.05) is 51.4 Å². The average Bonchev–Trinajstić information content (AvgIpc) is 3.52. The molecule has 0 unspecified atom stereocenters.